The molecule has 0 atom stereocenters. The Morgan fingerprint density at radius 2 is 1.64 bits per heavy atom. The van der Waals surface area contributed by atoms with Gasteiger partial charge in [-0.2, -0.15) is 0 Å². The van der Waals surface area contributed by atoms with Crippen molar-refractivity contribution in [3.8, 4) is 5.75 Å². The quantitative estimate of drug-likeness (QED) is 0.907. The average molecular weight is 339 g/mol. The zero-order chi connectivity index (χ0) is 17.6. The average Bonchev–Trinajstić information content (AvgIpc) is 2.63. The molecular weight excluding hydrogens is 314 g/mol. The minimum Gasteiger partial charge on any atom is -0.508 e. The molecule has 1 N–H and O–H groups in total. The number of phenolic OH excluding ortho intramolecular Hbond substituents is 1. The minimum atomic E-state index is 0.184. The summed E-state index contributed by atoms with van der Waals surface area (Å²) in [5, 5.41) is 9.38. The number of anilines is 1. The molecule has 0 bridgehead atoms. The number of amides is 1. The second kappa shape index (κ2) is 8.03. The molecule has 25 heavy (non-hydrogen) atoms. The van der Waals surface area contributed by atoms with Gasteiger partial charge in [-0.1, -0.05) is 30.3 Å². The van der Waals surface area contributed by atoms with E-state index in [2.05, 4.69) is 21.9 Å². The number of rotatable bonds is 5. The summed E-state index contributed by atoms with van der Waals surface area (Å²) in [6.07, 6.45) is 0. The fourth-order valence-corrected chi connectivity index (χ4v) is 3.16. The summed E-state index contributed by atoms with van der Waals surface area (Å²) in [5.74, 6) is 0.461. The lowest BCUT2D eigenvalue weighted by atomic mass is 10.2. The molecule has 2 aromatic carbocycles. The van der Waals surface area contributed by atoms with E-state index >= 15 is 0 Å². The van der Waals surface area contributed by atoms with E-state index in [0.29, 0.717) is 6.54 Å². The van der Waals surface area contributed by atoms with Crippen LogP contribution in [0.5, 0.6) is 5.75 Å². The van der Waals surface area contributed by atoms with Gasteiger partial charge in [0.1, 0.15) is 5.75 Å². The van der Waals surface area contributed by atoms with Gasteiger partial charge in [0.15, 0.2) is 0 Å². The van der Waals surface area contributed by atoms with E-state index in [9.17, 15) is 9.90 Å². The minimum absolute atomic E-state index is 0.184. The Morgan fingerprint density at radius 3 is 2.28 bits per heavy atom. The SMILES string of the molecule is CN(CC(=O)N1CCN(c2ccc(O)cc2)CC1)Cc1ccccc1. The lowest BCUT2D eigenvalue weighted by molar-refractivity contribution is -0.132. The van der Waals surface area contributed by atoms with Gasteiger partial charge in [0, 0.05) is 38.4 Å². The lowest BCUT2D eigenvalue weighted by Gasteiger charge is -2.36. The summed E-state index contributed by atoms with van der Waals surface area (Å²) < 4.78 is 0. The maximum Gasteiger partial charge on any atom is 0.236 e. The molecular formula is C20H25N3O2. The van der Waals surface area contributed by atoms with Gasteiger partial charge in [0.25, 0.3) is 0 Å². The van der Waals surface area contributed by atoms with Crippen molar-refractivity contribution in [1.82, 2.24) is 9.80 Å². The van der Waals surface area contributed by atoms with Crippen molar-refractivity contribution in [2.45, 2.75) is 6.54 Å². The van der Waals surface area contributed by atoms with Crippen molar-refractivity contribution in [3.63, 3.8) is 0 Å². The van der Waals surface area contributed by atoms with Crippen molar-refractivity contribution in [2.75, 3.05) is 44.7 Å². The summed E-state index contributed by atoms with van der Waals surface area (Å²) in [6.45, 7) is 4.32. The van der Waals surface area contributed by atoms with Crippen LogP contribution < -0.4 is 4.90 Å². The summed E-state index contributed by atoms with van der Waals surface area (Å²) in [6, 6.07) is 17.4. The number of aromatic hydroxyl groups is 1. The summed E-state index contributed by atoms with van der Waals surface area (Å²) in [7, 11) is 1.98. The highest BCUT2D eigenvalue weighted by Crippen LogP contribution is 2.19. The Balaban J connectivity index is 1.47. The predicted molar refractivity (Wildman–Crippen MR) is 99.7 cm³/mol. The second-order valence-electron chi connectivity index (χ2n) is 6.54. The Morgan fingerprint density at radius 1 is 1.00 bits per heavy atom. The molecule has 1 aliphatic heterocycles. The van der Waals surface area contributed by atoms with Crippen LogP contribution >= 0.6 is 0 Å². The number of carbonyl (C=O) groups excluding carboxylic acids is 1. The van der Waals surface area contributed by atoms with Crippen LogP contribution in [0, 0.1) is 0 Å². The number of carbonyl (C=O) groups is 1. The first-order valence-electron chi connectivity index (χ1n) is 8.66. The molecule has 1 fully saturated rings. The van der Waals surface area contributed by atoms with Crippen molar-refractivity contribution >= 4 is 11.6 Å². The third kappa shape index (κ3) is 4.73. The molecule has 0 spiro atoms. The molecule has 5 heteroatoms. The van der Waals surface area contributed by atoms with E-state index in [4.69, 9.17) is 0 Å². The molecule has 5 nitrogen and oxygen atoms in total. The molecule has 2 aromatic rings. The first kappa shape index (κ1) is 17.3. The molecule has 132 valence electrons. The highest BCUT2D eigenvalue weighted by Gasteiger charge is 2.22. The molecule has 0 aromatic heterocycles. The molecule has 1 amide bonds. The van der Waals surface area contributed by atoms with Gasteiger partial charge in [0.2, 0.25) is 5.91 Å². The van der Waals surface area contributed by atoms with Gasteiger partial charge in [-0.3, -0.25) is 9.69 Å². The van der Waals surface area contributed by atoms with E-state index in [1.54, 1.807) is 12.1 Å². The highest BCUT2D eigenvalue weighted by atomic mass is 16.3. The number of phenols is 1. The summed E-state index contributed by atoms with van der Waals surface area (Å²) >= 11 is 0. The number of benzene rings is 2. The van der Waals surface area contributed by atoms with Crippen LogP contribution in [0.2, 0.25) is 0 Å². The van der Waals surface area contributed by atoms with Crippen LogP contribution in [-0.4, -0.2) is 60.6 Å². The van der Waals surface area contributed by atoms with E-state index < -0.39 is 0 Å². The van der Waals surface area contributed by atoms with Crippen LogP contribution in [0.1, 0.15) is 5.56 Å². The lowest BCUT2D eigenvalue weighted by Crippen LogP contribution is -2.51. The maximum atomic E-state index is 12.5. The molecule has 0 saturated carbocycles. The smallest absolute Gasteiger partial charge is 0.236 e. The molecule has 1 saturated heterocycles. The normalized spacial score (nSPS) is 14.8. The van der Waals surface area contributed by atoms with Crippen LogP contribution in [0.3, 0.4) is 0 Å². The van der Waals surface area contributed by atoms with E-state index in [0.717, 1.165) is 38.4 Å². The number of piperazine rings is 1. The van der Waals surface area contributed by atoms with Crippen LogP contribution in [0.25, 0.3) is 0 Å². The third-order valence-electron chi connectivity index (χ3n) is 4.55. The van der Waals surface area contributed by atoms with E-state index in [1.807, 2.05) is 42.3 Å². The number of nitrogens with zero attached hydrogens (tertiary/aromatic N) is 3. The number of likely N-dealkylation sites (N-methyl/N-ethyl adjacent to an activating group) is 1. The van der Waals surface area contributed by atoms with Gasteiger partial charge in [-0.25, -0.2) is 0 Å². The standard InChI is InChI=1S/C20H25N3O2/c1-21(15-17-5-3-2-4-6-17)16-20(25)23-13-11-22(12-14-23)18-7-9-19(24)10-8-18/h2-10,24H,11-16H2,1H3. The van der Waals surface area contributed by atoms with Crippen LogP contribution in [0.15, 0.2) is 54.6 Å². The first-order valence-corrected chi connectivity index (χ1v) is 8.66. The molecule has 1 heterocycles. The third-order valence-corrected chi connectivity index (χ3v) is 4.55. The van der Waals surface area contributed by atoms with Gasteiger partial charge < -0.3 is 14.9 Å². The zero-order valence-corrected chi connectivity index (χ0v) is 14.6. The maximum absolute atomic E-state index is 12.5. The zero-order valence-electron chi connectivity index (χ0n) is 14.6. The summed E-state index contributed by atoms with van der Waals surface area (Å²) in [5.41, 5.74) is 2.31. The fourth-order valence-electron chi connectivity index (χ4n) is 3.16. The van der Waals surface area contributed by atoms with Gasteiger partial charge in [-0.05, 0) is 36.9 Å². The molecule has 1 aliphatic rings. The Hall–Kier alpha value is -2.53. The Labute approximate surface area is 149 Å². The van der Waals surface area contributed by atoms with Gasteiger partial charge in [-0.15, -0.1) is 0 Å². The van der Waals surface area contributed by atoms with Gasteiger partial charge in [0.05, 0.1) is 6.54 Å². The molecule has 0 radical (unpaired) electrons. The molecule has 0 unspecified atom stereocenters. The van der Waals surface area contributed by atoms with Crippen LogP contribution in [-0.2, 0) is 11.3 Å². The molecule has 0 aliphatic carbocycles. The van der Waals surface area contributed by atoms with Gasteiger partial charge >= 0.3 is 0 Å². The van der Waals surface area contributed by atoms with Crippen molar-refractivity contribution < 1.29 is 9.90 Å². The van der Waals surface area contributed by atoms with E-state index in [1.165, 1.54) is 5.56 Å². The monoisotopic (exact) mass is 339 g/mol. The Kier molecular flexibility index (Phi) is 5.56. The molecule has 3 rings (SSSR count). The second-order valence-corrected chi connectivity index (χ2v) is 6.54. The Bertz CT molecular complexity index is 680. The predicted octanol–water partition coefficient (Wildman–Crippen LogP) is 2.17. The number of hydrogen-bond acceptors (Lipinski definition) is 4. The number of hydrogen-bond donors (Lipinski definition) is 1. The van der Waals surface area contributed by atoms with Crippen molar-refractivity contribution in [2.24, 2.45) is 0 Å². The highest BCUT2D eigenvalue weighted by molar-refractivity contribution is 5.78. The van der Waals surface area contributed by atoms with Crippen molar-refractivity contribution in [3.05, 3.63) is 60.2 Å². The first-order chi connectivity index (χ1) is 12.1. The van der Waals surface area contributed by atoms with E-state index in [-0.39, 0.29) is 11.7 Å². The fraction of sp³-hybridized carbons (Fsp3) is 0.350. The van der Waals surface area contributed by atoms with Crippen molar-refractivity contribution in [1.29, 1.82) is 0 Å². The topological polar surface area (TPSA) is 47.0 Å². The summed E-state index contributed by atoms with van der Waals surface area (Å²) in [4.78, 5) is 18.8. The largest absolute Gasteiger partial charge is 0.508 e. The van der Waals surface area contributed by atoms with Crippen LogP contribution in [0.4, 0.5) is 5.69 Å².